The lowest BCUT2D eigenvalue weighted by molar-refractivity contribution is 0.271. The van der Waals surface area contributed by atoms with E-state index in [4.69, 9.17) is 4.74 Å². The van der Waals surface area contributed by atoms with Gasteiger partial charge in [0.2, 0.25) is 0 Å². The predicted molar refractivity (Wildman–Crippen MR) is 74.1 cm³/mol. The van der Waals surface area contributed by atoms with Crippen LogP contribution in [0.15, 0.2) is 29.8 Å². The Labute approximate surface area is 108 Å². The van der Waals surface area contributed by atoms with Gasteiger partial charge in [0.1, 0.15) is 12.4 Å². The minimum atomic E-state index is 0.767. The largest absolute Gasteiger partial charge is 0.489 e. The molecule has 18 heavy (non-hydrogen) atoms. The summed E-state index contributed by atoms with van der Waals surface area (Å²) in [6.07, 6.45) is 3.52. The Kier molecular flexibility index (Phi) is 3.24. The molecule has 2 heterocycles. The fraction of sp³-hybridized carbons (Fsp3) is 0.467. The van der Waals surface area contributed by atoms with Crippen LogP contribution in [0.1, 0.15) is 18.9 Å². The summed E-state index contributed by atoms with van der Waals surface area (Å²) >= 11 is 0. The number of rotatable bonds is 2. The molecule has 0 atom stereocenters. The Balaban J connectivity index is 1.77. The van der Waals surface area contributed by atoms with Crippen LogP contribution in [-0.2, 0) is 6.54 Å². The zero-order valence-electron chi connectivity index (χ0n) is 10.9. The highest BCUT2D eigenvalue weighted by Crippen LogP contribution is 2.32. The highest BCUT2D eigenvalue weighted by molar-refractivity contribution is 5.61. The monoisotopic (exact) mass is 244 g/mol. The summed E-state index contributed by atoms with van der Waals surface area (Å²) in [5, 5.41) is 3.39. The van der Waals surface area contributed by atoms with Gasteiger partial charge in [0.05, 0.1) is 5.69 Å². The molecule has 2 aliphatic heterocycles. The van der Waals surface area contributed by atoms with Gasteiger partial charge in [-0.15, -0.1) is 0 Å². The number of nitrogens with zero attached hydrogens (tertiary/aromatic N) is 1. The van der Waals surface area contributed by atoms with E-state index in [-0.39, 0.29) is 0 Å². The van der Waals surface area contributed by atoms with Crippen molar-refractivity contribution in [3.63, 3.8) is 0 Å². The lowest BCUT2D eigenvalue weighted by Crippen LogP contribution is -2.28. The molecular formula is C15H20N2O. The SMILES string of the molecule is CC1=CCN(Cc2cccc3c2OCCN3)CC1. The molecular weight excluding hydrogens is 224 g/mol. The average Bonchev–Trinajstić information content (AvgIpc) is 2.42. The summed E-state index contributed by atoms with van der Waals surface area (Å²) in [7, 11) is 0. The maximum atomic E-state index is 5.81. The maximum Gasteiger partial charge on any atom is 0.146 e. The molecule has 0 amide bonds. The number of benzene rings is 1. The molecule has 3 rings (SSSR count). The lowest BCUT2D eigenvalue weighted by atomic mass is 10.1. The molecule has 0 saturated heterocycles. The van der Waals surface area contributed by atoms with E-state index in [0.717, 1.165) is 44.2 Å². The van der Waals surface area contributed by atoms with Gasteiger partial charge in [0.25, 0.3) is 0 Å². The van der Waals surface area contributed by atoms with Crippen molar-refractivity contribution in [2.75, 3.05) is 31.6 Å². The first kappa shape index (κ1) is 11.6. The van der Waals surface area contributed by atoms with Crippen molar-refractivity contribution in [3.05, 3.63) is 35.4 Å². The maximum absolute atomic E-state index is 5.81. The first-order valence-electron chi connectivity index (χ1n) is 6.69. The van der Waals surface area contributed by atoms with Gasteiger partial charge < -0.3 is 10.1 Å². The molecule has 0 bridgehead atoms. The van der Waals surface area contributed by atoms with Gasteiger partial charge in [0.15, 0.2) is 0 Å². The van der Waals surface area contributed by atoms with Gasteiger partial charge in [-0.25, -0.2) is 0 Å². The summed E-state index contributed by atoms with van der Waals surface area (Å²) in [6, 6.07) is 6.39. The van der Waals surface area contributed by atoms with Crippen molar-refractivity contribution in [1.82, 2.24) is 4.90 Å². The molecule has 0 spiro atoms. The Morgan fingerprint density at radius 2 is 2.33 bits per heavy atom. The van der Waals surface area contributed by atoms with Gasteiger partial charge in [-0.1, -0.05) is 23.8 Å². The fourth-order valence-electron chi connectivity index (χ4n) is 2.56. The van der Waals surface area contributed by atoms with Crippen molar-refractivity contribution in [3.8, 4) is 5.75 Å². The second kappa shape index (κ2) is 5.02. The third kappa shape index (κ3) is 2.36. The zero-order chi connectivity index (χ0) is 12.4. The van der Waals surface area contributed by atoms with Crippen molar-refractivity contribution < 1.29 is 4.74 Å². The Hall–Kier alpha value is -1.48. The Morgan fingerprint density at radius 1 is 1.39 bits per heavy atom. The van der Waals surface area contributed by atoms with E-state index in [0.29, 0.717) is 0 Å². The minimum Gasteiger partial charge on any atom is -0.489 e. The summed E-state index contributed by atoms with van der Waals surface area (Å²) in [4.78, 5) is 2.47. The number of hydrogen-bond acceptors (Lipinski definition) is 3. The second-order valence-electron chi connectivity index (χ2n) is 5.10. The van der Waals surface area contributed by atoms with Crippen molar-refractivity contribution in [1.29, 1.82) is 0 Å². The van der Waals surface area contributed by atoms with Crippen LogP contribution < -0.4 is 10.1 Å². The van der Waals surface area contributed by atoms with Crippen LogP contribution >= 0.6 is 0 Å². The van der Waals surface area contributed by atoms with Crippen molar-refractivity contribution >= 4 is 5.69 Å². The number of para-hydroxylation sites is 1. The van der Waals surface area contributed by atoms with Gasteiger partial charge in [0, 0.05) is 31.7 Å². The summed E-state index contributed by atoms with van der Waals surface area (Å²) in [6.45, 7) is 7.08. The summed E-state index contributed by atoms with van der Waals surface area (Å²) < 4.78 is 5.81. The van der Waals surface area contributed by atoms with E-state index < -0.39 is 0 Å². The molecule has 0 aromatic heterocycles. The van der Waals surface area contributed by atoms with Gasteiger partial charge >= 0.3 is 0 Å². The Morgan fingerprint density at radius 3 is 3.17 bits per heavy atom. The highest BCUT2D eigenvalue weighted by atomic mass is 16.5. The lowest BCUT2D eigenvalue weighted by Gasteiger charge is -2.28. The van der Waals surface area contributed by atoms with E-state index in [1.165, 1.54) is 17.6 Å². The first-order valence-corrected chi connectivity index (χ1v) is 6.69. The molecule has 3 heteroatoms. The zero-order valence-corrected chi connectivity index (χ0v) is 10.9. The Bertz CT molecular complexity index is 468. The molecule has 1 aromatic carbocycles. The van der Waals surface area contributed by atoms with Crippen LogP contribution in [0.5, 0.6) is 5.75 Å². The number of fused-ring (bicyclic) bond motifs is 1. The van der Waals surface area contributed by atoms with E-state index in [1.807, 2.05) is 0 Å². The molecule has 1 N–H and O–H groups in total. The average molecular weight is 244 g/mol. The third-order valence-corrected chi connectivity index (χ3v) is 3.67. The molecule has 0 fully saturated rings. The molecule has 1 aromatic rings. The van der Waals surface area contributed by atoms with Gasteiger partial charge in [-0.05, 0) is 19.4 Å². The molecule has 0 radical (unpaired) electrons. The van der Waals surface area contributed by atoms with E-state index in [9.17, 15) is 0 Å². The van der Waals surface area contributed by atoms with E-state index in [1.54, 1.807) is 0 Å². The standard InChI is InChI=1S/C15H20N2O/c1-12-5-8-17(9-6-12)11-13-3-2-4-14-15(13)18-10-7-16-14/h2-5,16H,6-11H2,1H3. The third-order valence-electron chi connectivity index (χ3n) is 3.67. The number of hydrogen-bond donors (Lipinski definition) is 1. The molecule has 96 valence electrons. The van der Waals surface area contributed by atoms with E-state index in [2.05, 4.69) is 41.4 Å². The molecule has 2 aliphatic rings. The topological polar surface area (TPSA) is 24.5 Å². The highest BCUT2D eigenvalue weighted by Gasteiger charge is 2.17. The normalized spacial score (nSPS) is 19.5. The minimum absolute atomic E-state index is 0.767. The number of nitrogens with one attached hydrogen (secondary N) is 1. The van der Waals surface area contributed by atoms with Gasteiger partial charge in [-0.3, -0.25) is 4.90 Å². The molecule has 0 unspecified atom stereocenters. The van der Waals surface area contributed by atoms with Crippen LogP contribution in [0.2, 0.25) is 0 Å². The summed E-state index contributed by atoms with van der Waals surface area (Å²) in [5.74, 6) is 1.05. The first-order chi connectivity index (χ1) is 8.83. The second-order valence-corrected chi connectivity index (χ2v) is 5.10. The summed E-state index contributed by atoms with van der Waals surface area (Å²) in [5.41, 5.74) is 3.95. The smallest absolute Gasteiger partial charge is 0.146 e. The van der Waals surface area contributed by atoms with Crippen molar-refractivity contribution in [2.24, 2.45) is 0 Å². The van der Waals surface area contributed by atoms with Crippen LogP contribution in [-0.4, -0.2) is 31.1 Å². The number of anilines is 1. The van der Waals surface area contributed by atoms with Gasteiger partial charge in [-0.2, -0.15) is 0 Å². The fourth-order valence-corrected chi connectivity index (χ4v) is 2.56. The molecule has 0 saturated carbocycles. The van der Waals surface area contributed by atoms with E-state index >= 15 is 0 Å². The molecule has 0 aliphatic carbocycles. The predicted octanol–water partition coefficient (Wildman–Crippen LogP) is 2.64. The number of ether oxygens (including phenoxy) is 1. The van der Waals surface area contributed by atoms with Crippen LogP contribution in [0.4, 0.5) is 5.69 Å². The van der Waals surface area contributed by atoms with Crippen LogP contribution in [0.25, 0.3) is 0 Å². The van der Waals surface area contributed by atoms with Crippen LogP contribution in [0, 0.1) is 0 Å². The quantitative estimate of drug-likeness (QED) is 0.809. The van der Waals surface area contributed by atoms with Crippen molar-refractivity contribution in [2.45, 2.75) is 19.9 Å². The molecule has 3 nitrogen and oxygen atoms in total. The van der Waals surface area contributed by atoms with Crippen LogP contribution in [0.3, 0.4) is 0 Å².